The topological polar surface area (TPSA) is 133 Å². The molecular formula is C20H14N2O6. The third-order valence-corrected chi connectivity index (χ3v) is 3.87. The van der Waals surface area contributed by atoms with Crippen molar-refractivity contribution in [1.29, 1.82) is 0 Å². The Hall–Kier alpha value is -4.20. The number of amides is 4. The molecule has 0 aromatic heterocycles. The fourth-order valence-electron chi connectivity index (χ4n) is 2.53. The summed E-state index contributed by atoms with van der Waals surface area (Å²) >= 11 is 0. The van der Waals surface area contributed by atoms with E-state index < -0.39 is 23.6 Å². The predicted molar refractivity (Wildman–Crippen MR) is 98.5 cm³/mol. The number of carbonyl (C=O) groups excluding carboxylic acids is 4. The summed E-state index contributed by atoms with van der Waals surface area (Å²) in [7, 11) is 0. The number of phenolic OH excluding ortho intramolecular Hbond substituents is 2. The first-order valence-electron chi connectivity index (χ1n) is 8.06. The molecule has 2 aliphatic heterocycles. The van der Waals surface area contributed by atoms with Crippen molar-refractivity contribution >= 4 is 34.8 Å². The molecule has 8 nitrogen and oxygen atoms in total. The number of rotatable bonds is 2. The van der Waals surface area contributed by atoms with Crippen molar-refractivity contribution in [3.63, 3.8) is 0 Å². The van der Waals surface area contributed by atoms with E-state index in [4.69, 9.17) is 10.2 Å². The highest BCUT2D eigenvalue weighted by molar-refractivity contribution is 6.34. The molecule has 0 bridgehead atoms. The number of nitrogens with one attached hydrogen (secondary N) is 2. The lowest BCUT2D eigenvalue weighted by atomic mass is 10.1. The van der Waals surface area contributed by atoms with E-state index in [0.717, 1.165) is 0 Å². The normalized spacial score (nSPS) is 15.3. The molecule has 28 heavy (non-hydrogen) atoms. The number of phenols is 2. The van der Waals surface area contributed by atoms with E-state index in [1.807, 2.05) is 0 Å². The molecule has 2 heterocycles. The Morgan fingerprint density at radius 2 is 0.857 bits per heavy atom. The first-order chi connectivity index (χ1) is 13.3. The Morgan fingerprint density at radius 3 is 1.11 bits per heavy atom. The van der Waals surface area contributed by atoms with Gasteiger partial charge in [-0.05, 0) is 35.4 Å². The molecule has 0 radical (unpaired) electrons. The summed E-state index contributed by atoms with van der Waals surface area (Å²) in [5.74, 6) is -1.37. The highest BCUT2D eigenvalue weighted by Gasteiger charge is 2.22. The van der Waals surface area contributed by atoms with Gasteiger partial charge in [0.2, 0.25) is 0 Å². The van der Waals surface area contributed by atoms with Gasteiger partial charge < -0.3 is 10.2 Å². The van der Waals surface area contributed by atoms with Gasteiger partial charge in [0.1, 0.15) is 11.5 Å². The minimum atomic E-state index is -0.405. The van der Waals surface area contributed by atoms with Crippen LogP contribution in [-0.4, -0.2) is 33.8 Å². The van der Waals surface area contributed by atoms with Crippen LogP contribution in [0.5, 0.6) is 11.5 Å². The number of aromatic hydroxyl groups is 2. The lowest BCUT2D eigenvalue weighted by Gasteiger charge is -1.99. The Bertz CT molecular complexity index is 948. The Morgan fingerprint density at radius 1 is 0.536 bits per heavy atom. The first kappa shape index (κ1) is 18.6. The van der Waals surface area contributed by atoms with Gasteiger partial charge in [0.05, 0.1) is 11.1 Å². The molecule has 0 fully saturated rings. The van der Waals surface area contributed by atoms with Gasteiger partial charge in [-0.2, -0.15) is 0 Å². The van der Waals surface area contributed by atoms with Crippen LogP contribution in [0.2, 0.25) is 0 Å². The number of hydrogen-bond donors (Lipinski definition) is 4. The van der Waals surface area contributed by atoms with E-state index in [1.54, 1.807) is 24.3 Å². The zero-order chi connectivity index (χ0) is 20.3. The van der Waals surface area contributed by atoms with Crippen molar-refractivity contribution < 1.29 is 29.4 Å². The Kier molecular flexibility index (Phi) is 5.03. The van der Waals surface area contributed by atoms with Gasteiger partial charge in [0, 0.05) is 12.2 Å². The average Bonchev–Trinajstić information content (AvgIpc) is 3.17. The van der Waals surface area contributed by atoms with Gasteiger partial charge in [0.25, 0.3) is 23.6 Å². The largest absolute Gasteiger partial charge is 0.508 e. The van der Waals surface area contributed by atoms with Crippen LogP contribution in [0, 0.1) is 0 Å². The van der Waals surface area contributed by atoms with Gasteiger partial charge in [-0.15, -0.1) is 0 Å². The zero-order valence-electron chi connectivity index (χ0n) is 14.3. The number of imide groups is 2. The highest BCUT2D eigenvalue weighted by atomic mass is 16.3. The number of benzene rings is 2. The maximum absolute atomic E-state index is 11.2. The minimum Gasteiger partial charge on any atom is -0.508 e. The summed E-state index contributed by atoms with van der Waals surface area (Å²) in [4.78, 5) is 44.1. The molecule has 4 N–H and O–H groups in total. The monoisotopic (exact) mass is 378 g/mol. The molecule has 2 aromatic carbocycles. The van der Waals surface area contributed by atoms with Crippen LogP contribution in [-0.2, 0) is 19.2 Å². The van der Waals surface area contributed by atoms with Crippen LogP contribution in [0.4, 0.5) is 0 Å². The van der Waals surface area contributed by atoms with E-state index in [2.05, 4.69) is 10.6 Å². The molecule has 0 spiro atoms. The van der Waals surface area contributed by atoms with Crippen LogP contribution in [0.1, 0.15) is 11.1 Å². The molecule has 0 saturated carbocycles. The first-order valence-corrected chi connectivity index (χ1v) is 8.06. The van der Waals surface area contributed by atoms with E-state index in [9.17, 15) is 19.2 Å². The molecule has 4 rings (SSSR count). The fourth-order valence-corrected chi connectivity index (χ4v) is 2.53. The second-order valence-corrected chi connectivity index (χ2v) is 5.85. The molecule has 4 amide bonds. The molecule has 2 aliphatic rings. The number of carbonyl (C=O) groups is 4. The van der Waals surface area contributed by atoms with Gasteiger partial charge >= 0.3 is 0 Å². The van der Waals surface area contributed by atoms with Gasteiger partial charge in [0.15, 0.2) is 0 Å². The maximum atomic E-state index is 11.2. The smallest absolute Gasteiger partial charge is 0.258 e. The van der Waals surface area contributed by atoms with Crippen LogP contribution in [0.25, 0.3) is 11.1 Å². The van der Waals surface area contributed by atoms with Crippen molar-refractivity contribution in [3.8, 4) is 11.5 Å². The summed E-state index contributed by atoms with van der Waals surface area (Å²) < 4.78 is 0. The van der Waals surface area contributed by atoms with E-state index in [-0.39, 0.29) is 11.5 Å². The second kappa shape index (κ2) is 7.58. The summed E-state index contributed by atoms with van der Waals surface area (Å²) in [6, 6.07) is 12.2. The summed E-state index contributed by atoms with van der Waals surface area (Å²) in [5, 5.41) is 22.4. The van der Waals surface area contributed by atoms with Crippen molar-refractivity contribution in [2.75, 3.05) is 0 Å². The summed E-state index contributed by atoms with van der Waals surface area (Å²) in [5.41, 5.74) is 1.89. The molecule has 0 atom stereocenters. The van der Waals surface area contributed by atoms with E-state index in [0.29, 0.717) is 22.3 Å². The fraction of sp³-hybridized carbons (Fsp3) is 0. The van der Waals surface area contributed by atoms with Crippen molar-refractivity contribution in [2.45, 2.75) is 0 Å². The predicted octanol–water partition coefficient (Wildman–Crippen LogP) is 0.864. The third-order valence-electron chi connectivity index (χ3n) is 3.87. The maximum Gasteiger partial charge on any atom is 0.258 e. The lowest BCUT2D eigenvalue weighted by Crippen LogP contribution is -2.21. The molecule has 140 valence electrons. The lowest BCUT2D eigenvalue weighted by molar-refractivity contribution is -0.124. The standard InChI is InChI=1S/2C10H7NO3/c2*12-7-3-1-6(2-4-7)8-5-9(13)11-10(8)14/h2*1-5,12H,(H,11,13,14). The molecule has 0 saturated heterocycles. The molecule has 0 aliphatic carbocycles. The SMILES string of the molecule is O=C1C=C(c2ccc(O)cc2)C(=O)N1.O=C1C=C(c2ccc(O)cc2)C(=O)N1. The zero-order valence-corrected chi connectivity index (χ0v) is 14.3. The van der Waals surface area contributed by atoms with Crippen LogP contribution in [0.3, 0.4) is 0 Å². The average molecular weight is 378 g/mol. The van der Waals surface area contributed by atoms with Gasteiger partial charge in [-0.1, -0.05) is 24.3 Å². The summed E-state index contributed by atoms with van der Waals surface area (Å²) in [6.07, 6.45) is 2.49. The molecule has 8 heteroatoms. The van der Waals surface area contributed by atoms with Crippen LogP contribution >= 0.6 is 0 Å². The Labute approximate surface area is 158 Å². The molecular weight excluding hydrogens is 364 g/mol. The minimum absolute atomic E-state index is 0.124. The van der Waals surface area contributed by atoms with Gasteiger partial charge in [-0.3, -0.25) is 29.8 Å². The quantitative estimate of drug-likeness (QED) is 0.573. The molecule has 2 aromatic rings. The van der Waals surface area contributed by atoms with E-state index in [1.165, 1.54) is 36.4 Å². The Balaban J connectivity index is 0.000000161. The van der Waals surface area contributed by atoms with Crippen molar-refractivity contribution in [2.24, 2.45) is 0 Å². The van der Waals surface area contributed by atoms with Crippen LogP contribution in [0.15, 0.2) is 60.7 Å². The summed E-state index contributed by atoms with van der Waals surface area (Å²) in [6.45, 7) is 0. The number of hydrogen-bond acceptors (Lipinski definition) is 6. The second-order valence-electron chi connectivity index (χ2n) is 5.85. The van der Waals surface area contributed by atoms with Crippen LogP contribution < -0.4 is 10.6 Å². The highest BCUT2D eigenvalue weighted by Crippen LogP contribution is 2.21. The van der Waals surface area contributed by atoms with E-state index >= 15 is 0 Å². The van der Waals surface area contributed by atoms with Gasteiger partial charge in [-0.25, -0.2) is 0 Å². The third kappa shape index (κ3) is 4.13. The molecule has 0 unspecified atom stereocenters. The van der Waals surface area contributed by atoms with Crippen molar-refractivity contribution in [1.82, 2.24) is 10.6 Å². The van der Waals surface area contributed by atoms with Crippen molar-refractivity contribution in [3.05, 3.63) is 71.8 Å².